The van der Waals surface area contributed by atoms with Crippen molar-refractivity contribution in [2.24, 2.45) is 4.99 Å². The number of benzene rings is 3. The molecule has 0 aliphatic heterocycles. The molecular weight excluding hydrogens is 663 g/mol. The van der Waals surface area contributed by atoms with Crippen LogP contribution in [0.15, 0.2) is 65.2 Å². The average Bonchev–Trinajstić information content (AvgIpc) is 3.20. The lowest BCUT2D eigenvalue weighted by molar-refractivity contribution is 0.604. The Morgan fingerprint density at radius 2 is 0.964 bits per heavy atom. The standard InChI is InChI=1S/C54H83N/c1-8-14-18-22-24-27-35-49-41-45(40-47(13-6)52(49)37-31-20-16-10-3)39-46(12-5)44(7)55-51-42-50(36-28-25-23-19-15-9-2)53(38-32-21-17-11-4)54(43-51)48-33-29-26-30-34-48/h26,29-30,33-34,39-43H,8-25,27-28,31-32,35-38H2,1-7H3. The first kappa shape index (κ1) is 46.5. The Morgan fingerprint density at radius 3 is 1.51 bits per heavy atom. The second kappa shape index (κ2) is 28.5. The van der Waals surface area contributed by atoms with Crippen molar-refractivity contribution in [1.29, 1.82) is 0 Å². The van der Waals surface area contributed by atoms with Crippen LogP contribution in [-0.4, -0.2) is 5.71 Å². The summed E-state index contributed by atoms with van der Waals surface area (Å²) < 4.78 is 0. The lowest BCUT2D eigenvalue weighted by Crippen LogP contribution is -2.03. The summed E-state index contributed by atoms with van der Waals surface area (Å²) in [7, 11) is 0. The maximum atomic E-state index is 5.47. The van der Waals surface area contributed by atoms with Gasteiger partial charge in [0.05, 0.1) is 5.69 Å². The van der Waals surface area contributed by atoms with Crippen molar-refractivity contribution in [3.05, 3.63) is 93.6 Å². The number of aliphatic imine (C=N–C) groups is 1. The third kappa shape index (κ3) is 17.0. The zero-order valence-corrected chi connectivity index (χ0v) is 37.1. The van der Waals surface area contributed by atoms with Gasteiger partial charge in [-0.1, -0.05) is 187 Å². The van der Waals surface area contributed by atoms with Gasteiger partial charge in [-0.15, -0.1) is 0 Å². The lowest BCUT2D eigenvalue weighted by atomic mass is 9.88. The molecule has 55 heavy (non-hydrogen) atoms. The van der Waals surface area contributed by atoms with Gasteiger partial charge in [0.1, 0.15) is 0 Å². The van der Waals surface area contributed by atoms with Crippen LogP contribution in [0, 0.1) is 0 Å². The van der Waals surface area contributed by atoms with Gasteiger partial charge in [-0.05, 0) is 139 Å². The van der Waals surface area contributed by atoms with Crippen LogP contribution < -0.4 is 0 Å². The van der Waals surface area contributed by atoms with Gasteiger partial charge in [0.25, 0.3) is 0 Å². The largest absolute Gasteiger partial charge is 0.253 e. The fraction of sp³-hybridized carbons (Fsp3) is 0.611. The molecule has 1 heteroatoms. The fourth-order valence-corrected chi connectivity index (χ4v) is 8.52. The summed E-state index contributed by atoms with van der Waals surface area (Å²) in [5, 5.41) is 0. The number of aryl methyl sites for hydroxylation is 3. The van der Waals surface area contributed by atoms with Gasteiger partial charge in [0, 0.05) is 5.71 Å². The van der Waals surface area contributed by atoms with Crippen molar-refractivity contribution in [1.82, 2.24) is 0 Å². The summed E-state index contributed by atoms with van der Waals surface area (Å²) in [5.74, 6) is 0. The molecule has 0 unspecified atom stereocenters. The molecule has 304 valence electrons. The molecule has 3 rings (SSSR count). The minimum atomic E-state index is 0.980. The number of hydrogen-bond donors (Lipinski definition) is 0. The van der Waals surface area contributed by atoms with Gasteiger partial charge >= 0.3 is 0 Å². The molecule has 1 nitrogen and oxygen atoms in total. The topological polar surface area (TPSA) is 12.4 Å². The molecule has 0 bridgehead atoms. The molecular formula is C54H83N. The second-order valence-electron chi connectivity index (χ2n) is 16.5. The second-order valence-corrected chi connectivity index (χ2v) is 16.5. The highest BCUT2D eigenvalue weighted by atomic mass is 14.7. The van der Waals surface area contributed by atoms with E-state index in [1.807, 2.05) is 0 Å². The number of rotatable bonds is 30. The summed E-state index contributed by atoms with van der Waals surface area (Å²) in [4.78, 5) is 5.47. The van der Waals surface area contributed by atoms with Crippen molar-refractivity contribution < 1.29 is 0 Å². The Kier molecular flexibility index (Phi) is 24.0. The van der Waals surface area contributed by atoms with Crippen LogP contribution in [0.4, 0.5) is 5.69 Å². The normalized spacial score (nSPS) is 12.2. The third-order valence-electron chi connectivity index (χ3n) is 11.9. The zero-order chi connectivity index (χ0) is 39.5. The smallest absolute Gasteiger partial charge is 0.0642 e. The van der Waals surface area contributed by atoms with Crippen LogP contribution >= 0.6 is 0 Å². The maximum Gasteiger partial charge on any atom is 0.0642 e. The minimum absolute atomic E-state index is 0.980. The number of allylic oxidation sites excluding steroid dienone is 1. The van der Waals surface area contributed by atoms with Gasteiger partial charge in [-0.3, -0.25) is 4.99 Å². The molecule has 0 N–H and O–H groups in total. The van der Waals surface area contributed by atoms with E-state index in [0.717, 1.165) is 37.1 Å². The fourth-order valence-electron chi connectivity index (χ4n) is 8.52. The van der Waals surface area contributed by atoms with E-state index in [9.17, 15) is 0 Å². The van der Waals surface area contributed by atoms with Gasteiger partial charge in [0.15, 0.2) is 0 Å². The Balaban J connectivity index is 2.02. The van der Waals surface area contributed by atoms with Crippen molar-refractivity contribution in [3.63, 3.8) is 0 Å². The van der Waals surface area contributed by atoms with E-state index in [-0.39, 0.29) is 0 Å². The van der Waals surface area contributed by atoms with Crippen LogP contribution in [0.3, 0.4) is 0 Å². The SMILES string of the molecule is CCCCCCCCc1cc(C=C(CC)C(C)=Nc2cc(CCCCCCCC)c(CCCCCC)c(-c3ccccc3)c2)cc(CC)c1CCCCCC. The molecule has 0 amide bonds. The molecule has 0 saturated carbocycles. The van der Waals surface area contributed by atoms with Gasteiger partial charge in [-0.25, -0.2) is 0 Å². The van der Waals surface area contributed by atoms with E-state index in [0.29, 0.717) is 0 Å². The molecule has 0 heterocycles. The van der Waals surface area contributed by atoms with Crippen LogP contribution in [-0.2, 0) is 32.1 Å². The molecule has 0 aliphatic carbocycles. The van der Waals surface area contributed by atoms with Crippen molar-refractivity contribution >= 4 is 17.5 Å². The highest BCUT2D eigenvalue weighted by Gasteiger charge is 2.15. The quantitative estimate of drug-likeness (QED) is 0.0476. The predicted molar refractivity (Wildman–Crippen MR) is 249 cm³/mol. The Labute approximate surface area is 341 Å². The van der Waals surface area contributed by atoms with Crippen LogP contribution in [0.5, 0.6) is 0 Å². The summed E-state index contributed by atoms with van der Waals surface area (Å²) in [6.45, 7) is 16.2. The maximum absolute atomic E-state index is 5.47. The Morgan fingerprint density at radius 1 is 0.491 bits per heavy atom. The summed E-state index contributed by atoms with van der Waals surface area (Å²) in [6.07, 6.45) is 35.9. The molecule has 0 atom stereocenters. The van der Waals surface area contributed by atoms with E-state index in [4.69, 9.17) is 4.99 Å². The first-order valence-corrected chi connectivity index (χ1v) is 23.6. The van der Waals surface area contributed by atoms with E-state index in [1.54, 1.807) is 22.3 Å². The molecule has 0 saturated heterocycles. The van der Waals surface area contributed by atoms with Crippen molar-refractivity contribution in [2.45, 2.75) is 215 Å². The minimum Gasteiger partial charge on any atom is -0.253 e. The number of nitrogens with zero attached hydrogens (tertiary/aromatic N) is 1. The van der Waals surface area contributed by atoms with Crippen molar-refractivity contribution in [2.75, 3.05) is 0 Å². The van der Waals surface area contributed by atoms with Gasteiger partial charge < -0.3 is 0 Å². The monoisotopic (exact) mass is 746 g/mol. The third-order valence-corrected chi connectivity index (χ3v) is 11.9. The number of unbranched alkanes of at least 4 members (excludes halogenated alkanes) is 16. The summed E-state index contributed by atoms with van der Waals surface area (Å²) in [6, 6.07) is 21.1. The first-order valence-electron chi connectivity index (χ1n) is 23.6. The Bertz CT molecular complexity index is 1520. The molecule has 0 fully saturated rings. The van der Waals surface area contributed by atoms with E-state index < -0.39 is 0 Å². The molecule has 0 aliphatic rings. The predicted octanol–water partition coefficient (Wildman–Crippen LogP) is 17.6. The lowest BCUT2D eigenvalue weighted by Gasteiger charge is -2.18. The molecule has 0 aromatic heterocycles. The average molecular weight is 746 g/mol. The highest BCUT2D eigenvalue weighted by Crippen LogP contribution is 2.35. The van der Waals surface area contributed by atoms with Gasteiger partial charge in [-0.2, -0.15) is 0 Å². The first-order chi connectivity index (χ1) is 27.0. The molecule has 0 radical (unpaired) electrons. The number of hydrogen-bond acceptors (Lipinski definition) is 1. The van der Waals surface area contributed by atoms with E-state index in [1.165, 1.54) is 169 Å². The summed E-state index contributed by atoms with van der Waals surface area (Å²) >= 11 is 0. The Hall–Kier alpha value is -2.93. The van der Waals surface area contributed by atoms with Crippen LogP contribution in [0.1, 0.15) is 217 Å². The van der Waals surface area contributed by atoms with Crippen molar-refractivity contribution in [3.8, 4) is 11.1 Å². The molecule has 3 aromatic carbocycles. The summed E-state index contributed by atoms with van der Waals surface area (Å²) in [5.41, 5.74) is 15.7. The van der Waals surface area contributed by atoms with E-state index in [2.05, 4.69) is 109 Å². The highest BCUT2D eigenvalue weighted by molar-refractivity contribution is 6.03. The van der Waals surface area contributed by atoms with Crippen LogP contribution in [0.25, 0.3) is 17.2 Å². The molecule has 3 aromatic rings. The molecule has 0 spiro atoms. The van der Waals surface area contributed by atoms with Gasteiger partial charge in [0.2, 0.25) is 0 Å². The zero-order valence-electron chi connectivity index (χ0n) is 37.1. The van der Waals surface area contributed by atoms with E-state index >= 15 is 0 Å². The van der Waals surface area contributed by atoms with Crippen LogP contribution in [0.2, 0.25) is 0 Å².